The fraction of sp³-hybridized carbons (Fsp3) is 0.167. The van der Waals surface area contributed by atoms with E-state index in [2.05, 4.69) is 4.98 Å². The van der Waals surface area contributed by atoms with Crippen LogP contribution in [-0.2, 0) is 9.59 Å². The van der Waals surface area contributed by atoms with E-state index in [1.165, 1.54) is 0 Å². The van der Waals surface area contributed by atoms with E-state index in [0.717, 1.165) is 26.5 Å². The molecule has 4 rings (SSSR count). The minimum atomic E-state index is -0.451. The van der Waals surface area contributed by atoms with Crippen molar-refractivity contribution in [2.45, 2.75) is 6.42 Å². The van der Waals surface area contributed by atoms with Crippen LogP contribution in [0.25, 0.3) is 20.8 Å². The van der Waals surface area contributed by atoms with Gasteiger partial charge < -0.3 is 4.90 Å². The number of para-hydroxylation sites is 1. The molecule has 1 atom stereocenters. The number of carbonyl (C=O) groups is 2. The quantitative estimate of drug-likeness (QED) is 0.664. The van der Waals surface area contributed by atoms with Gasteiger partial charge in [-0.25, -0.2) is 4.98 Å². The van der Waals surface area contributed by atoms with Crippen LogP contribution in [0.15, 0.2) is 48.5 Å². The molecule has 0 spiro atoms. The van der Waals surface area contributed by atoms with E-state index in [1.807, 2.05) is 48.5 Å². The summed E-state index contributed by atoms with van der Waals surface area (Å²) >= 11 is 7.17. The second-order valence-electron chi connectivity index (χ2n) is 5.75. The minimum Gasteiger partial charge on any atom is -0.312 e. The molecule has 24 heavy (non-hydrogen) atoms. The summed E-state index contributed by atoms with van der Waals surface area (Å²) in [6.07, 6.45) is 0.174. The molecule has 6 heteroatoms. The molecule has 120 valence electrons. The van der Waals surface area contributed by atoms with Crippen molar-refractivity contribution in [2.75, 3.05) is 11.4 Å². The molecular weight excluding hydrogens is 344 g/mol. The Kier molecular flexibility index (Phi) is 3.82. The van der Waals surface area contributed by atoms with Crippen molar-refractivity contribution in [2.24, 2.45) is 5.92 Å². The molecule has 1 aliphatic rings. The van der Waals surface area contributed by atoms with E-state index in [4.69, 9.17) is 11.6 Å². The Hall–Kier alpha value is -2.24. The maximum absolute atomic E-state index is 12.2. The highest BCUT2D eigenvalue weighted by Crippen LogP contribution is 2.33. The average Bonchev–Trinajstić information content (AvgIpc) is 3.18. The molecule has 3 aromatic rings. The van der Waals surface area contributed by atoms with Crippen molar-refractivity contribution >= 4 is 50.0 Å². The molecular formula is C18H13ClN2O2S. The number of nitrogens with zero attached hydrogens (tertiary/aromatic N) is 2. The largest absolute Gasteiger partial charge is 0.312 e. The number of hydrogen-bond acceptors (Lipinski definition) is 4. The minimum absolute atomic E-state index is 0.0737. The van der Waals surface area contributed by atoms with Crippen LogP contribution in [0.1, 0.15) is 6.42 Å². The van der Waals surface area contributed by atoms with Crippen LogP contribution in [-0.4, -0.2) is 22.7 Å². The van der Waals surface area contributed by atoms with Gasteiger partial charge in [0.15, 0.2) is 0 Å². The second-order valence-corrected chi connectivity index (χ2v) is 7.15. The Morgan fingerprint density at radius 2 is 2.04 bits per heavy atom. The van der Waals surface area contributed by atoms with E-state index < -0.39 is 11.2 Å². The van der Waals surface area contributed by atoms with Crippen molar-refractivity contribution in [3.05, 3.63) is 48.5 Å². The van der Waals surface area contributed by atoms with Crippen molar-refractivity contribution in [3.8, 4) is 10.6 Å². The van der Waals surface area contributed by atoms with Gasteiger partial charge in [0.05, 0.1) is 16.1 Å². The first-order chi connectivity index (χ1) is 11.6. The Morgan fingerprint density at radius 1 is 1.21 bits per heavy atom. The maximum atomic E-state index is 12.2. The zero-order valence-electron chi connectivity index (χ0n) is 12.6. The predicted octanol–water partition coefficient (Wildman–Crippen LogP) is 4.08. The summed E-state index contributed by atoms with van der Waals surface area (Å²) in [5.41, 5.74) is 2.70. The highest BCUT2D eigenvalue weighted by molar-refractivity contribution is 7.21. The molecule has 1 aliphatic heterocycles. The van der Waals surface area contributed by atoms with Gasteiger partial charge in [-0.3, -0.25) is 9.59 Å². The van der Waals surface area contributed by atoms with Gasteiger partial charge in [0.1, 0.15) is 5.01 Å². The molecule has 1 fully saturated rings. The fourth-order valence-corrected chi connectivity index (χ4v) is 4.02. The molecule has 2 aromatic carbocycles. The Balaban J connectivity index is 1.69. The fourth-order valence-electron chi connectivity index (χ4n) is 2.91. The zero-order chi connectivity index (χ0) is 16.7. The van der Waals surface area contributed by atoms with Crippen LogP contribution in [0, 0.1) is 5.92 Å². The summed E-state index contributed by atoms with van der Waals surface area (Å²) in [6, 6.07) is 15.7. The molecule has 1 aromatic heterocycles. The number of halogens is 1. The summed E-state index contributed by atoms with van der Waals surface area (Å²) in [6.45, 7) is 0.338. The number of thiazole rings is 1. The van der Waals surface area contributed by atoms with Crippen molar-refractivity contribution in [1.82, 2.24) is 4.98 Å². The van der Waals surface area contributed by atoms with Crippen LogP contribution < -0.4 is 4.90 Å². The molecule has 0 aliphatic carbocycles. The number of rotatable bonds is 3. The van der Waals surface area contributed by atoms with Crippen LogP contribution >= 0.6 is 22.9 Å². The molecule has 0 radical (unpaired) electrons. The molecule has 1 saturated heterocycles. The number of carbonyl (C=O) groups excluding carboxylic acids is 2. The van der Waals surface area contributed by atoms with Gasteiger partial charge in [-0.15, -0.1) is 11.3 Å². The van der Waals surface area contributed by atoms with Gasteiger partial charge >= 0.3 is 0 Å². The zero-order valence-corrected chi connectivity index (χ0v) is 14.2. The molecule has 1 unspecified atom stereocenters. The van der Waals surface area contributed by atoms with Gasteiger partial charge in [0.2, 0.25) is 11.1 Å². The first-order valence-electron chi connectivity index (χ1n) is 7.57. The lowest BCUT2D eigenvalue weighted by molar-refractivity contribution is -0.120. The number of aromatic nitrogens is 1. The third-order valence-corrected chi connectivity index (χ3v) is 5.54. The maximum Gasteiger partial charge on any atom is 0.227 e. The summed E-state index contributed by atoms with van der Waals surface area (Å²) < 4.78 is 1.13. The van der Waals surface area contributed by atoms with E-state index >= 15 is 0 Å². The van der Waals surface area contributed by atoms with Crippen molar-refractivity contribution in [3.63, 3.8) is 0 Å². The molecule has 4 nitrogen and oxygen atoms in total. The van der Waals surface area contributed by atoms with Gasteiger partial charge in [-0.2, -0.15) is 0 Å². The lowest BCUT2D eigenvalue weighted by Crippen LogP contribution is -2.25. The average molecular weight is 357 g/mol. The number of amides is 1. The SMILES string of the molecule is O=C(Cl)C1CC(=O)N(c2cccc(-c3nc4ccccc4s3)c2)C1. The first-order valence-corrected chi connectivity index (χ1v) is 8.77. The van der Waals surface area contributed by atoms with Crippen LogP contribution in [0.4, 0.5) is 5.69 Å². The third-order valence-electron chi connectivity index (χ3n) is 4.14. The Labute approximate surface area is 147 Å². The molecule has 1 amide bonds. The highest BCUT2D eigenvalue weighted by atomic mass is 35.5. The topological polar surface area (TPSA) is 50.3 Å². The Morgan fingerprint density at radius 3 is 2.79 bits per heavy atom. The molecule has 0 N–H and O–H groups in total. The van der Waals surface area contributed by atoms with Gasteiger partial charge in [0, 0.05) is 24.2 Å². The number of benzene rings is 2. The van der Waals surface area contributed by atoms with Gasteiger partial charge in [0.25, 0.3) is 0 Å². The van der Waals surface area contributed by atoms with E-state index in [0.29, 0.717) is 6.54 Å². The Bertz CT molecular complexity index is 920. The van der Waals surface area contributed by atoms with Crippen molar-refractivity contribution in [1.29, 1.82) is 0 Å². The van der Waals surface area contributed by atoms with E-state index in [1.54, 1.807) is 16.2 Å². The van der Waals surface area contributed by atoms with E-state index in [9.17, 15) is 9.59 Å². The number of fused-ring (bicyclic) bond motifs is 1. The summed E-state index contributed by atoms with van der Waals surface area (Å²) in [5.74, 6) is -0.499. The van der Waals surface area contributed by atoms with Crippen molar-refractivity contribution < 1.29 is 9.59 Å². The molecule has 2 heterocycles. The standard InChI is InChI=1S/C18H13ClN2O2S/c19-17(23)12-9-16(22)21(10-12)13-5-3-4-11(8-13)18-20-14-6-1-2-7-15(14)24-18/h1-8,12H,9-10H2. The first kappa shape index (κ1) is 15.3. The van der Waals surface area contributed by atoms with Crippen LogP contribution in [0.3, 0.4) is 0 Å². The third kappa shape index (κ3) is 2.70. The van der Waals surface area contributed by atoms with Gasteiger partial charge in [-0.1, -0.05) is 24.3 Å². The number of hydrogen-bond donors (Lipinski definition) is 0. The molecule has 0 saturated carbocycles. The lowest BCUT2D eigenvalue weighted by atomic mass is 10.1. The van der Waals surface area contributed by atoms with Crippen LogP contribution in [0.5, 0.6) is 0 Å². The van der Waals surface area contributed by atoms with E-state index in [-0.39, 0.29) is 12.3 Å². The predicted molar refractivity (Wildman–Crippen MR) is 96.4 cm³/mol. The summed E-state index contributed by atoms with van der Waals surface area (Å²) in [4.78, 5) is 29.8. The monoisotopic (exact) mass is 356 g/mol. The highest BCUT2D eigenvalue weighted by Gasteiger charge is 2.34. The smallest absolute Gasteiger partial charge is 0.227 e. The lowest BCUT2D eigenvalue weighted by Gasteiger charge is -2.16. The molecule has 0 bridgehead atoms. The summed E-state index contributed by atoms with van der Waals surface area (Å²) in [5, 5.41) is 0.461. The normalized spacial score (nSPS) is 17.6. The van der Waals surface area contributed by atoms with Crippen LogP contribution in [0.2, 0.25) is 0 Å². The number of anilines is 1. The summed E-state index contributed by atoms with van der Waals surface area (Å²) in [7, 11) is 0. The second kappa shape index (κ2) is 6.00. The van der Waals surface area contributed by atoms with Gasteiger partial charge in [-0.05, 0) is 35.9 Å².